The normalized spacial score (nSPS) is 10.2. The number of rotatable bonds is 5. The van der Waals surface area contributed by atoms with E-state index in [4.69, 9.17) is 0 Å². The number of amides is 1. The number of hydrogen-bond donors (Lipinski definition) is 2. The summed E-state index contributed by atoms with van der Waals surface area (Å²) in [6, 6.07) is 3.97. The molecule has 2 aromatic heterocycles. The Morgan fingerprint density at radius 3 is 3.25 bits per heavy atom. The summed E-state index contributed by atoms with van der Waals surface area (Å²) in [7, 11) is 0. The van der Waals surface area contributed by atoms with Crippen LogP contribution in [-0.4, -0.2) is 26.8 Å². The van der Waals surface area contributed by atoms with Crippen molar-refractivity contribution in [3.8, 4) is 0 Å². The fraction of sp³-hybridized carbons (Fsp3) is 0.222. The lowest BCUT2D eigenvalue weighted by Gasteiger charge is -2.01. The Morgan fingerprint density at radius 1 is 1.62 bits per heavy atom. The van der Waals surface area contributed by atoms with Gasteiger partial charge >= 0.3 is 0 Å². The van der Waals surface area contributed by atoms with Gasteiger partial charge < -0.3 is 5.32 Å². The molecular formula is C9H10N4OS2. The molecule has 1 amide bonds. The van der Waals surface area contributed by atoms with Crippen LogP contribution in [0.25, 0.3) is 0 Å². The molecule has 0 spiro atoms. The third-order valence-electron chi connectivity index (χ3n) is 1.76. The Kier molecular flexibility index (Phi) is 3.95. The van der Waals surface area contributed by atoms with Crippen LogP contribution in [-0.2, 0) is 11.3 Å². The SMILES string of the molecule is O=C(CSc1cccs1)NCc1ncn[nH]1. The van der Waals surface area contributed by atoms with Gasteiger partial charge in [0.2, 0.25) is 5.91 Å². The highest BCUT2D eigenvalue weighted by Crippen LogP contribution is 2.22. The third-order valence-corrected chi connectivity index (χ3v) is 3.89. The number of thioether (sulfide) groups is 1. The number of H-pyrrole nitrogens is 1. The highest BCUT2D eigenvalue weighted by atomic mass is 32.2. The molecule has 0 unspecified atom stereocenters. The van der Waals surface area contributed by atoms with Gasteiger partial charge in [-0.1, -0.05) is 6.07 Å². The summed E-state index contributed by atoms with van der Waals surface area (Å²) >= 11 is 3.17. The van der Waals surface area contributed by atoms with Crippen LogP contribution in [0, 0.1) is 0 Å². The molecule has 0 aliphatic heterocycles. The van der Waals surface area contributed by atoms with Crippen LogP contribution in [0.5, 0.6) is 0 Å². The summed E-state index contributed by atoms with van der Waals surface area (Å²) in [5, 5.41) is 11.1. The molecule has 5 nitrogen and oxygen atoms in total. The van der Waals surface area contributed by atoms with Crippen LogP contribution < -0.4 is 5.32 Å². The molecule has 2 N–H and O–H groups in total. The van der Waals surface area contributed by atoms with Crippen LogP contribution in [0.3, 0.4) is 0 Å². The molecule has 2 heterocycles. The van der Waals surface area contributed by atoms with Crippen molar-refractivity contribution in [1.82, 2.24) is 20.5 Å². The van der Waals surface area contributed by atoms with Gasteiger partial charge in [0.15, 0.2) is 0 Å². The van der Waals surface area contributed by atoms with Gasteiger partial charge in [-0.05, 0) is 11.4 Å². The molecule has 0 saturated heterocycles. The molecule has 84 valence electrons. The van der Waals surface area contributed by atoms with Gasteiger partial charge in [0.05, 0.1) is 16.5 Å². The van der Waals surface area contributed by atoms with Crippen LogP contribution in [0.2, 0.25) is 0 Å². The standard InChI is InChI=1S/C9H10N4OS2/c14-8(5-16-9-2-1-3-15-9)10-4-7-11-6-12-13-7/h1-3,6H,4-5H2,(H,10,14)(H,11,12,13). The Hall–Kier alpha value is -1.34. The average molecular weight is 254 g/mol. The minimum atomic E-state index is -0.00481. The first-order chi connectivity index (χ1) is 7.84. The maximum absolute atomic E-state index is 11.4. The lowest BCUT2D eigenvalue weighted by atomic mass is 10.5. The number of aromatic nitrogens is 3. The lowest BCUT2D eigenvalue weighted by molar-refractivity contribution is -0.118. The van der Waals surface area contributed by atoms with E-state index in [1.54, 1.807) is 11.3 Å². The van der Waals surface area contributed by atoms with E-state index in [9.17, 15) is 4.79 Å². The van der Waals surface area contributed by atoms with E-state index in [1.165, 1.54) is 18.1 Å². The molecule has 2 rings (SSSR count). The molecular weight excluding hydrogens is 244 g/mol. The first kappa shape index (κ1) is 11.2. The summed E-state index contributed by atoms with van der Waals surface area (Å²) in [6.45, 7) is 0.393. The van der Waals surface area contributed by atoms with E-state index in [-0.39, 0.29) is 5.91 Å². The lowest BCUT2D eigenvalue weighted by Crippen LogP contribution is -2.25. The minimum Gasteiger partial charge on any atom is -0.348 e. The van der Waals surface area contributed by atoms with Gasteiger partial charge in [0.25, 0.3) is 0 Å². The van der Waals surface area contributed by atoms with Crippen molar-refractivity contribution >= 4 is 29.0 Å². The van der Waals surface area contributed by atoms with Crippen molar-refractivity contribution < 1.29 is 4.79 Å². The number of carbonyl (C=O) groups excluding carboxylic acids is 1. The molecule has 7 heteroatoms. The third kappa shape index (κ3) is 3.35. The van der Waals surface area contributed by atoms with Crippen molar-refractivity contribution in [1.29, 1.82) is 0 Å². The van der Waals surface area contributed by atoms with E-state index in [2.05, 4.69) is 20.5 Å². The first-order valence-electron chi connectivity index (χ1n) is 4.62. The number of nitrogens with one attached hydrogen (secondary N) is 2. The zero-order valence-electron chi connectivity index (χ0n) is 8.34. The fourth-order valence-corrected chi connectivity index (χ4v) is 2.65. The quantitative estimate of drug-likeness (QED) is 0.788. The molecule has 2 aromatic rings. The van der Waals surface area contributed by atoms with Gasteiger partial charge in [0.1, 0.15) is 12.2 Å². The average Bonchev–Trinajstić information content (AvgIpc) is 2.96. The highest BCUT2D eigenvalue weighted by molar-refractivity contribution is 8.01. The number of carbonyl (C=O) groups is 1. The van der Waals surface area contributed by atoms with Gasteiger partial charge in [-0.15, -0.1) is 23.1 Å². The smallest absolute Gasteiger partial charge is 0.230 e. The molecule has 0 aliphatic rings. The second kappa shape index (κ2) is 5.66. The zero-order chi connectivity index (χ0) is 11.2. The zero-order valence-corrected chi connectivity index (χ0v) is 9.98. The van der Waals surface area contributed by atoms with Crippen LogP contribution in [0.1, 0.15) is 5.82 Å². The Labute approximate surface area is 101 Å². The summed E-state index contributed by atoms with van der Waals surface area (Å²) < 4.78 is 1.15. The van der Waals surface area contributed by atoms with Gasteiger partial charge in [-0.3, -0.25) is 9.89 Å². The molecule has 0 aromatic carbocycles. The van der Waals surface area contributed by atoms with Gasteiger partial charge in [-0.25, -0.2) is 4.98 Å². The Morgan fingerprint density at radius 2 is 2.56 bits per heavy atom. The number of thiophene rings is 1. The molecule has 16 heavy (non-hydrogen) atoms. The Bertz CT molecular complexity index is 386. The fourth-order valence-electron chi connectivity index (χ4n) is 1.03. The van der Waals surface area contributed by atoms with Crippen LogP contribution >= 0.6 is 23.1 Å². The summed E-state index contributed by atoms with van der Waals surface area (Å²) in [4.78, 5) is 15.4. The van der Waals surface area contributed by atoms with E-state index < -0.39 is 0 Å². The predicted molar refractivity (Wildman–Crippen MR) is 63.3 cm³/mol. The number of aromatic amines is 1. The van der Waals surface area contributed by atoms with Crippen molar-refractivity contribution in [2.24, 2.45) is 0 Å². The van der Waals surface area contributed by atoms with Crippen LogP contribution in [0.15, 0.2) is 28.0 Å². The number of nitrogens with zero attached hydrogens (tertiary/aromatic N) is 2. The summed E-state index contributed by atoms with van der Waals surface area (Å²) in [6.07, 6.45) is 1.42. The maximum Gasteiger partial charge on any atom is 0.230 e. The van der Waals surface area contributed by atoms with E-state index in [0.717, 1.165) is 4.21 Å². The molecule has 0 atom stereocenters. The summed E-state index contributed by atoms with van der Waals surface area (Å²) in [5.74, 6) is 1.08. The predicted octanol–water partition coefficient (Wildman–Crippen LogP) is 1.27. The molecule has 0 radical (unpaired) electrons. The van der Waals surface area contributed by atoms with E-state index >= 15 is 0 Å². The minimum absolute atomic E-state index is 0.00481. The molecule has 0 saturated carbocycles. The van der Waals surface area contributed by atoms with Gasteiger partial charge in [-0.2, -0.15) is 5.10 Å². The number of hydrogen-bond acceptors (Lipinski definition) is 5. The van der Waals surface area contributed by atoms with E-state index in [0.29, 0.717) is 18.1 Å². The topological polar surface area (TPSA) is 70.7 Å². The monoisotopic (exact) mass is 254 g/mol. The van der Waals surface area contributed by atoms with Crippen molar-refractivity contribution in [2.75, 3.05) is 5.75 Å². The van der Waals surface area contributed by atoms with Gasteiger partial charge in [0, 0.05) is 0 Å². The van der Waals surface area contributed by atoms with Crippen molar-refractivity contribution in [3.63, 3.8) is 0 Å². The summed E-state index contributed by atoms with van der Waals surface area (Å²) in [5.41, 5.74) is 0. The largest absolute Gasteiger partial charge is 0.348 e. The second-order valence-corrected chi connectivity index (χ2v) is 5.15. The highest BCUT2D eigenvalue weighted by Gasteiger charge is 2.04. The maximum atomic E-state index is 11.4. The molecule has 0 bridgehead atoms. The Balaban J connectivity index is 1.69. The first-order valence-corrected chi connectivity index (χ1v) is 6.48. The van der Waals surface area contributed by atoms with Crippen molar-refractivity contribution in [3.05, 3.63) is 29.7 Å². The second-order valence-electron chi connectivity index (χ2n) is 2.93. The molecule has 0 aliphatic carbocycles. The van der Waals surface area contributed by atoms with E-state index in [1.807, 2.05) is 17.5 Å². The molecule has 0 fully saturated rings. The van der Waals surface area contributed by atoms with Crippen molar-refractivity contribution in [2.45, 2.75) is 10.8 Å². The van der Waals surface area contributed by atoms with Crippen LogP contribution in [0.4, 0.5) is 0 Å².